The summed E-state index contributed by atoms with van der Waals surface area (Å²) >= 11 is 8.10. The van der Waals surface area contributed by atoms with Gasteiger partial charge in [-0.05, 0) is 36.5 Å². The number of hydrogen-bond donors (Lipinski definition) is 0. The molecule has 1 atom stereocenters. The third kappa shape index (κ3) is 3.88. The molecule has 0 spiro atoms. The van der Waals surface area contributed by atoms with Crippen LogP contribution in [0.3, 0.4) is 0 Å². The standard InChI is InChI=1S/C12H22ClN3S/c1-6-17-8-7-9(2)16-10(12(3,4)5)14-15-11(16)13/h9H,6-8H2,1-5H3. The zero-order chi connectivity index (χ0) is 13.1. The summed E-state index contributed by atoms with van der Waals surface area (Å²) in [6.07, 6.45) is 1.10. The van der Waals surface area contributed by atoms with E-state index < -0.39 is 0 Å². The van der Waals surface area contributed by atoms with E-state index in [0.717, 1.165) is 23.8 Å². The topological polar surface area (TPSA) is 30.7 Å². The first-order chi connectivity index (χ1) is 7.88. The molecular formula is C12H22ClN3S. The van der Waals surface area contributed by atoms with E-state index in [-0.39, 0.29) is 5.41 Å². The first kappa shape index (κ1) is 14.8. The molecule has 0 saturated carbocycles. The van der Waals surface area contributed by atoms with Crippen LogP contribution in [0.5, 0.6) is 0 Å². The Morgan fingerprint density at radius 3 is 2.53 bits per heavy atom. The molecule has 0 bridgehead atoms. The minimum Gasteiger partial charge on any atom is -0.298 e. The molecule has 0 saturated heterocycles. The molecule has 0 amide bonds. The van der Waals surface area contributed by atoms with Gasteiger partial charge in [-0.2, -0.15) is 11.8 Å². The Morgan fingerprint density at radius 2 is 2.00 bits per heavy atom. The highest BCUT2D eigenvalue weighted by molar-refractivity contribution is 7.99. The largest absolute Gasteiger partial charge is 0.298 e. The van der Waals surface area contributed by atoms with Crippen LogP contribution < -0.4 is 0 Å². The Morgan fingerprint density at radius 1 is 1.35 bits per heavy atom. The molecule has 5 heteroatoms. The lowest BCUT2D eigenvalue weighted by Gasteiger charge is -2.23. The first-order valence-corrected chi connectivity index (χ1v) is 7.59. The van der Waals surface area contributed by atoms with E-state index in [9.17, 15) is 0 Å². The maximum absolute atomic E-state index is 6.14. The molecule has 0 aliphatic heterocycles. The molecule has 0 aliphatic carbocycles. The minimum atomic E-state index is -0.0215. The average Bonchev–Trinajstić information content (AvgIpc) is 2.60. The Labute approximate surface area is 113 Å². The van der Waals surface area contributed by atoms with Crippen LogP contribution in [-0.2, 0) is 5.41 Å². The van der Waals surface area contributed by atoms with E-state index >= 15 is 0 Å². The predicted octanol–water partition coefficient (Wildman–Crippen LogP) is 3.93. The fourth-order valence-electron chi connectivity index (χ4n) is 1.70. The number of thioether (sulfide) groups is 1. The van der Waals surface area contributed by atoms with Gasteiger partial charge in [0.05, 0.1) is 0 Å². The molecule has 0 aliphatic rings. The van der Waals surface area contributed by atoms with E-state index in [2.05, 4.69) is 49.4 Å². The van der Waals surface area contributed by atoms with Gasteiger partial charge >= 0.3 is 0 Å². The summed E-state index contributed by atoms with van der Waals surface area (Å²) in [6.45, 7) is 10.8. The van der Waals surface area contributed by atoms with Gasteiger partial charge in [0.25, 0.3) is 0 Å². The minimum absolute atomic E-state index is 0.0215. The van der Waals surface area contributed by atoms with Crippen LogP contribution in [0.2, 0.25) is 5.28 Å². The van der Waals surface area contributed by atoms with Crippen molar-refractivity contribution in [2.24, 2.45) is 0 Å². The highest BCUT2D eigenvalue weighted by atomic mass is 35.5. The second kappa shape index (κ2) is 6.10. The highest BCUT2D eigenvalue weighted by Gasteiger charge is 2.25. The van der Waals surface area contributed by atoms with Gasteiger partial charge in [0.2, 0.25) is 5.28 Å². The molecule has 1 unspecified atom stereocenters. The first-order valence-electron chi connectivity index (χ1n) is 6.06. The van der Waals surface area contributed by atoms with Crippen molar-refractivity contribution >= 4 is 23.4 Å². The highest BCUT2D eigenvalue weighted by Crippen LogP contribution is 2.28. The molecular weight excluding hydrogens is 254 g/mol. The van der Waals surface area contributed by atoms with Crippen LogP contribution in [0, 0.1) is 0 Å². The number of nitrogens with zero attached hydrogens (tertiary/aromatic N) is 3. The second-order valence-corrected chi connectivity index (χ2v) is 6.98. The van der Waals surface area contributed by atoms with Crippen molar-refractivity contribution in [3.05, 3.63) is 11.1 Å². The van der Waals surface area contributed by atoms with Gasteiger partial charge in [0.15, 0.2) is 0 Å². The van der Waals surface area contributed by atoms with Gasteiger partial charge in [-0.1, -0.05) is 27.7 Å². The zero-order valence-electron chi connectivity index (χ0n) is 11.3. The van der Waals surface area contributed by atoms with Gasteiger partial charge in [-0.25, -0.2) is 0 Å². The summed E-state index contributed by atoms with van der Waals surface area (Å²) in [4.78, 5) is 0. The number of hydrogen-bond acceptors (Lipinski definition) is 3. The van der Waals surface area contributed by atoms with Crippen molar-refractivity contribution in [1.29, 1.82) is 0 Å². The van der Waals surface area contributed by atoms with Gasteiger partial charge in [-0.15, -0.1) is 10.2 Å². The molecule has 98 valence electrons. The summed E-state index contributed by atoms with van der Waals surface area (Å²) in [5.41, 5.74) is -0.0215. The molecule has 0 aromatic carbocycles. The zero-order valence-corrected chi connectivity index (χ0v) is 12.9. The van der Waals surface area contributed by atoms with Crippen LogP contribution in [0.1, 0.15) is 52.9 Å². The smallest absolute Gasteiger partial charge is 0.225 e. The molecule has 17 heavy (non-hydrogen) atoms. The molecule has 1 aromatic heterocycles. The predicted molar refractivity (Wildman–Crippen MR) is 76.1 cm³/mol. The third-order valence-electron chi connectivity index (χ3n) is 2.65. The molecule has 1 rings (SSSR count). The van der Waals surface area contributed by atoms with Crippen molar-refractivity contribution in [1.82, 2.24) is 14.8 Å². The van der Waals surface area contributed by atoms with Crippen LogP contribution in [0.4, 0.5) is 0 Å². The molecule has 0 fully saturated rings. The number of rotatable bonds is 5. The lowest BCUT2D eigenvalue weighted by molar-refractivity contribution is 0.445. The van der Waals surface area contributed by atoms with E-state index in [4.69, 9.17) is 11.6 Å². The average molecular weight is 276 g/mol. The van der Waals surface area contributed by atoms with Crippen molar-refractivity contribution in [2.45, 2.75) is 52.5 Å². The molecule has 3 nitrogen and oxygen atoms in total. The summed E-state index contributed by atoms with van der Waals surface area (Å²) in [7, 11) is 0. The fraction of sp³-hybridized carbons (Fsp3) is 0.833. The summed E-state index contributed by atoms with van der Waals surface area (Å²) < 4.78 is 2.07. The van der Waals surface area contributed by atoms with Gasteiger partial charge in [-0.3, -0.25) is 4.57 Å². The summed E-state index contributed by atoms with van der Waals surface area (Å²) in [5, 5.41) is 8.72. The molecule has 1 heterocycles. The Balaban J connectivity index is 2.85. The number of aromatic nitrogens is 3. The number of halogens is 1. The van der Waals surface area contributed by atoms with Crippen molar-refractivity contribution in [2.75, 3.05) is 11.5 Å². The van der Waals surface area contributed by atoms with Crippen LogP contribution >= 0.6 is 23.4 Å². The maximum Gasteiger partial charge on any atom is 0.225 e. The van der Waals surface area contributed by atoms with Crippen LogP contribution in [0.25, 0.3) is 0 Å². The second-order valence-electron chi connectivity index (χ2n) is 5.25. The SMILES string of the molecule is CCSCCC(C)n1c(Cl)nnc1C(C)(C)C. The van der Waals surface area contributed by atoms with E-state index in [1.54, 1.807) is 0 Å². The lowest BCUT2D eigenvalue weighted by Crippen LogP contribution is -2.21. The molecule has 1 aromatic rings. The maximum atomic E-state index is 6.14. The van der Waals surface area contributed by atoms with Crippen LogP contribution in [-0.4, -0.2) is 26.3 Å². The fourth-order valence-corrected chi connectivity index (χ4v) is 2.78. The Hall–Kier alpha value is -0.220. The van der Waals surface area contributed by atoms with E-state index in [1.165, 1.54) is 0 Å². The third-order valence-corrected chi connectivity index (χ3v) is 3.84. The molecule has 0 radical (unpaired) electrons. The van der Waals surface area contributed by atoms with Gasteiger partial charge in [0.1, 0.15) is 5.82 Å². The Kier molecular flexibility index (Phi) is 5.32. The van der Waals surface area contributed by atoms with Gasteiger partial charge in [0, 0.05) is 11.5 Å². The van der Waals surface area contributed by atoms with Gasteiger partial charge < -0.3 is 0 Å². The van der Waals surface area contributed by atoms with Crippen molar-refractivity contribution in [3.8, 4) is 0 Å². The summed E-state index contributed by atoms with van der Waals surface area (Å²) in [5.74, 6) is 3.28. The van der Waals surface area contributed by atoms with Crippen molar-refractivity contribution in [3.63, 3.8) is 0 Å². The van der Waals surface area contributed by atoms with E-state index in [1.807, 2.05) is 11.8 Å². The lowest BCUT2D eigenvalue weighted by atomic mass is 9.95. The monoisotopic (exact) mass is 275 g/mol. The quantitative estimate of drug-likeness (QED) is 0.763. The van der Waals surface area contributed by atoms with Crippen molar-refractivity contribution < 1.29 is 0 Å². The molecule has 0 N–H and O–H groups in total. The normalized spacial score (nSPS) is 14.0. The Bertz CT molecular complexity index is 357. The summed E-state index contributed by atoms with van der Waals surface area (Å²) in [6, 6.07) is 0.353. The van der Waals surface area contributed by atoms with Crippen LogP contribution in [0.15, 0.2) is 0 Å². The van der Waals surface area contributed by atoms with E-state index in [0.29, 0.717) is 11.3 Å².